The van der Waals surface area contributed by atoms with Crippen LogP contribution in [0.25, 0.3) is 0 Å². The molecule has 0 saturated carbocycles. The molecular formula is C9H9BrClNO. The first-order valence-electron chi connectivity index (χ1n) is 4.07. The van der Waals surface area contributed by atoms with Gasteiger partial charge in [0.05, 0.1) is 5.02 Å². The van der Waals surface area contributed by atoms with Gasteiger partial charge in [0.25, 0.3) is 0 Å². The number of phenols is 1. The van der Waals surface area contributed by atoms with Crippen molar-refractivity contribution >= 4 is 27.5 Å². The second kappa shape index (κ2) is 3.48. The molecule has 13 heavy (non-hydrogen) atoms. The maximum absolute atomic E-state index is 9.63. The highest BCUT2D eigenvalue weighted by Gasteiger charge is 2.22. The third kappa shape index (κ3) is 1.68. The second-order valence-electron chi connectivity index (χ2n) is 3.18. The van der Waals surface area contributed by atoms with Crippen LogP contribution in [-0.2, 0) is 0 Å². The van der Waals surface area contributed by atoms with Gasteiger partial charge in [0, 0.05) is 29.0 Å². The van der Waals surface area contributed by atoms with Crippen molar-refractivity contribution in [1.29, 1.82) is 0 Å². The predicted molar refractivity (Wildman–Crippen MR) is 56.4 cm³/mol. The van der Waals surface area contributed by atoms with Gasteiger partial charge in [-0.1, -0.05) is 11.6 Å². The predicted octanol–water partition coefficient (Wildman–Crippen LogP) is 2.49. The van der Waals surface area contributed by atoms with Gasteiger partial charge in [-0.3, -0.25) is 0 Å². The molecule has 70 valence electrons. The summed E-state index contributed by atoms with van der Waals surface area (Å²) in [7, 11) is 0. The smallest absolute Gasteiger partial charge is 0.120 e. The average Bonchev–Trinajstić information content (AvgIpc) is 1.96. The lowest BCUT2D eigenvalue weighted by Crippen LogP contribution is -2.39. The Kier molecular flexibility index (Phi) is 2.49. The molecule has 0 unspecified atom stereocenters. The number of phenolic OH excluding ortho intramolecular Hbond substituents is 1. The zero-order valence-electron chi connectivity index (χ0n) is 6.85. The second-order valence-corrected chi connectivity index (χ2v) is 4.44. The lowest BCUT2D eigenvalue weighted by atomic mass is 9.93. The summed E-state index contributed by atoms with van der Waals surface area (Å²) in [6, 6.07) is 3.47. The number of nitrogens with one attached hydrogen (secondary N) is 1. The zero-order chi connectivity index (χ0) is 9.42. The van der Waals surface area contributed by atoms with E-state index in [4.69, 9.17) is 11.6 Å². The molecule has 1 heterocycles. The minimum Gasteiger partial charge on any atom is -0.508 e. The van der Waals surface area contributed by atoms with E-state index in [1.165, 1.54) is 0 Å². The first-order valence-corrected chi connectivity index (χ1v) is 5.24. The maximum Gasteiger partial charge on any atom is 0.120 e. The summed E-state index contributed by atoms with van der Waals surface area (Å²) < 4.78 is 0.739. The van der Waals surface area contributed by atoms with Crippen LogP contribution in [0.2, 0.25) is 5.02 Å². The molecule has 0 spiro atoms. The van der Waals surface area contributed by atoms with Crippen molar-refractivity contribution in [2.45, 2.75) is 5.92 Å². The molecule has 0 radical (unpaired) electrons. The van der Waals surface area contributed by atoms with Crippen LogP contribution in [0.15, 0.2) is 16.6 Å². The number of benzene rings is 1. The third-order valence-corrected chi connectivity index (χ3v) is 3.49. The summed E-state index contributed by atoms with van der Waals surface area (Å²) in [4.78, 5) is 0. The van der Waals surface area contributed by atoms with E-state index in [0.29, 0.717) is 16.7 Å². The van der Waals surface area contributed by atoms with Gasteiger partial charge in [-0.05, 0) is 28.1 Å². The Morgan fingerprint density at radius 1 is 1.46 bits per heavy atom. The van der Waals surface area contributed by atoms with Crippen LogP contribution >= 0.6 is 27.5 Å². The van der Waals surface area contributed by atoms with Gasteiger partial charge < -0.3 is 10.4 Å². The van der Waals surface area contributed by atoms with Crippen molar-refractivity contribution in [1.82, 2.24) is 5.32 Å². The van der Waals surface area contributed by atoms with Gasteiger partial charge in [0.2, 0.25) is 0 Å². The molecule has 1 aromatic rings. The lowest BCUT2D eigenvalue weighted by molar-refractivity contribution is 0.413. The van der Waals surface area contributed by atoms with Crippen LogP contribution in [0.3, 0.4) is 0 Å². The van der Waals surface area contributed by atoms with E-state index in [-0.39, 0.29) is 0 Å². The SMILES string of the molecule is Oc1cc(Br)c(Cl)cc1C1CNC1. The lowest BCUT2D eigenvalue weighted by Gasteiger charge is -2.28. The molecule has 4 heteroatoms. The van der Waals surface area contributed by atoms with Gasteiger partial charge in [0.15, 0.2) is 0 Å². The molecule has 1 aromatic carbocycles. The van der Waals surface area contributed by atoms with Crippen molar-refractivity contribution < 1.29 is 5.11 Å². The Hall–Kier alpha value is -0.250. The summed E-state index contributed by atoms with van der Waals surface area (Å²) in [5, 5.41) is 13.4. The minimum atomic E-state index is 0.322. The molecule has 0 aromatic heterocycles. The molecule has 0 amide bonds. The molecule has 1 aliphatic heterocycles. The molecule has 0 bridgehead atoms. The first kappa shape index (κ1) is 9.31. The number of hydrogen-bond acceptors (Lipinski definition) is 2. The Balaban J connectivity index is 2.39. The molecule has 2 nitrogen and oxygen atoms in total. The molecule has 1 fully saturated rings. The van der Waals surface area contributed by atoms with Gasteiger partial charge in [-0.2, -0.15) is 0 Å². The van der Waals surface area contributed by atoms with Crippen LogP contribution in [0.4, 0.5) is 0 Å². The van der Waals surface area contributed by atoms with Gasteiger partial charge in [-0.25, -0.2) is 0 Å². The van der Waals surface area contributed by atoms with E-state index in [1.807, 2.05) is 6.07 Å². The Labute approximate surface area is 90.0 Å². The highest BCUT2D eigenvalue weighted by Crippen LogP contribution is 2.35. The normalized spacial score (nSPS) is 17.1. The zero-order valence-corrected chi connectivity index (χ0v) is 9.19. The van der Waals surface area contributed by atoms with E-state index in [1.54, 1.807) is 6.07 Å². The Morgan fingerprint density at radius 3 is 2.69 bits per heavy atom. The standard InChI is InChI=1S/C9H9BrClNO/c10-7-2-9(13)6(1-8(7)11)5-3-12-4-5/h1-2,5,12-13H,3-4H2. The van der Waals surface area contributed by atoms with E-state index in [2.05, 4.69) is 21.2 Å². The van der Waals surface area contributed by atoms with Crippen LogP contribution in [0, 0.1) is 0 Å². The monoisotopic (exact) mass is 261 g/mol. The molecule has 2 rings (SSSR count). The molecule has 1 aliphatic rings. The fourth-order valence-corrected chi connectivity index (χ4v) is 1.89. The summed E-state index contributed by atoms with van der Waals surface area (Å²) in [6.07, 6.45) is 0. The first-order chi connectivity index (χ1) is 6.18. The summed E-state index contributed by atoms with van der Waals surface area (Å²) in [5.74, 6) is 0.730. The fourth-order valence-electron chi connectivity index (χ4n) is 1.39. The number of hydrogen-bond donors (Lipinski definition) is 2. The van der Waals surface area contributed by atoms with E-state index in [0.717, 1.165) is 23.1 Å². The third-order valence-electron chi connectivity index (χ3n) is 2.29. The van der Waals surface area contributed by atoms with Crippen molar-refractivity contribution in [3.8, 4) is 5.75 Å². The van der Waals surface area contributed by atoms with Crippen molar-refractivity contribution in [2.24, 2.45) is 0 Å². The summed E-state index contributed by atoms with van der Waals surface area (Å²) in [5.41, 5.74) is 0.937. The largest absolute Gasteiger partial charge is 0.508 e. The highest BCUT2D eigenvalue weighted by molar-refractivity contribution is 9.10. The average molecular weight is 263 g/mol. The maximum atomic E-state index is 9.63. The molecule has 1 saturated heterocycles. The molecule has 2 N–H and O–H groups in total. The van der Waals surface area contributed by atoms with Crippen molar-refractivity contribution in [3.63, 3.8) is 0 Å². The molecule has 0 aliphatic carbocycles. The van der Waals surface area contributed by atoms with Gasteiger partial charge >= 0.3 is 0 Å². The number of halogens is 2. The van der Waals surface area contributed by atoms with Crippen LogP contribution < -0.4 is 5.32 Å². The van der Waals surface area contributed by atoms with Crippen molar-refractivity contribution in [3.05, 3.63) is 27.2 Å². The van der Waals surface area contributed by atoms with E-state index in [9.17, 15) is 5.11 Å². The topological polar surface area (TPSA) is 32.3 Å². The summed E-state index contributed by atoms with van der Waals surface area (Å²) >= 11 is 9.19. The number of rotatable bonds is 1. The van der Waals surface area contributed by atoms with E-state index >= 15 is 0 Å². The summed E-state index contributed by atoms with van der Waals surface area (Å²) in [6.45, 7) is 1.84. The van der Waals surface area contributed by atoms with Crippen LogP contribution in [-0.4, -0.2) is 18.2 Å². The number of aromatic hydroxyl groups is 1. The van der Waals surface area contributed by atoms with E-state index < -0.39 is 0 Å². The van der Waals surface area contributed by atoms with Gasteiger partial charge in [0.1, 0.15) is 5.75 Å². The quantitative estimate of drug-likeness (QED) is 0.815. The van der Waals surface area contributed by atoms with Gasteiger partial charge in [-0.15, -0.1) is 0 Å². The Morgan fingerprint density at radius 2 is 2.15 bits per heavy atom. The van der Waals surface area contributed by atoms with Crippen molar-refractivity contribution in [2.75, 3.05) is 13.1 Å². The Bertz CT molecular complexity index is 339. The molecule has 0 atom stereocenters. The highest BCUT2D eigenvalue weighted by atomic mass is 79.9. The van der Waals surface area contributed by atoms with Crippen LogP contribution in [0.1, 0.15) is 11.5 Å². The molecular weight excluding hydrogens is 253 g/mol. The van der Waals surface area contributed by atoms with Crippen LogP contribution in [0.5, 0.6) is 5.75 Å². The fraction of sp³-hybridized carbons (Fsp3) is 0.333. The minimum absolute atomic E-state index is 0.322.